The summed E-state index contributed by atoms with van der Waals surface area (Å²) in [4.78, 5) is 0. The number of aliphatic hydroxyl groups is 1. The minimum Gasteiger partial charge on any atom is -0.508 e. The molecule has 0 amide bonds. The van der Waals surface area contributed by atoms with Gasteiger partial charge in [0.1, 0.15) is 11.5 Å². The molecule has 0 aliphatic rings. The minimum absolute atomic E-state index is 0.110. The number of hydrogen-bond acceptors (Lipinski definition) is 3. The van der Waals surface area contributed by atoms with Crippen LogP contribution >= 0.6 is 0 Å². The quantitative estimate of drug-likeness (QED) is 0.629. The summed E-state index contributed by atoms with van der Waals surface area (Å²) in [6.07, 6.45) is 8.77. The Labute approximate surface area is 116 Å². The zero-order chi connectivity index (χ0) is 13.9. The first-order valence-electron chi connectivity index (χ1n) is 7.33. The first kappa shape index (κ1) is 15.8. The molecule has 3 heteroatoms. The lowest BCUT2D eigenvalue weighted by Gasteiger charge is -2.10. The minimum atomic E-state index is -0.110. The van der Waals surface area contributed by atoms with Crippen molar-refractivity contribution in [2.24, 2.45) is 0 Å². The lowest BCUT2D eigenvalue weighted by Crippen LogP contribution is -2.00. The summed E-state index contributed by atoms with van der Waals surface area (Å²) < 4.78 is 5.64. The molecule has 1 rings (SSSR count). The standard InChI is InChI=1S/C16H26O3/c1-2-3-4-5-6-7-8-11-19-16-10-9-15(18)12-14(16)13-17/h9-10,12,17-18H,2-8,11,13H2,1H3. The van der Waals surface area contributed by atoms with Crippen LogP contribution in [0.15, 0.2) is 18.2 Å². The molecule has 108 valence electrons. The molecule has 0 aliphatic heterocycles. The van der Waals surface area contributed by atoms with Gasteiger partial charge in [0, 0.05) is 5.56 Å². The summed E-state index contributed by atoms with van der Waals surface area (Å²) in [5.41, 5.74) is 0.642. The number of hydrogen-bond donors (Lipinski definition) is 2. The normalized spacial score (nSPS) is 10.6. The van der Waals surface area contributed by atoms with E-state index in [1.807, 2.05) is 0 Å². The maximum Gasteiger partial charge on any atom is 0.125 e. The molecule has 0 atom stereocenters. The van der Waals surface area contributed by atoms with Crippen molar-refractivity contribution < 1.29 is 14.9 Å². The molecule has 1 aromatic carbocycles. The third kappa shape index (κ3) is 6.48. The van der Waals surface area contributed by atoms with E-state index in [0.29, 0.717) is 17.9 Å². The Balaban J connectivity index is 2.15. The van der Waals surface area contributed by atoms with Crippen LogP contribution in [0.3, 0.4) is 0 Å². The Kier molecular flexibility index (Phi) is 8.07. The number of aliphatic hydroxyl groups excluding tert-OH is 1. The van der Waals surface area contributed by atoms with Gasteiger partial charge in [-0.3, -0.25) is 0 Å². The fourth-order valence-electron chi connectivity index (χ4n) is 2.07. The van der Waals surface area contributed by atoms with Crippen molar-refractivity contribution in [3.8, 4) is 11.5 Å². The summed E-state index contributed by atoms with van der Waals surface area (Å²) in [5.74, 6) is 0.832. The molecule has 3 nitrogen and oxygen atoms in total. The Morgan fingerprint density at radius 2 is 1.68 bits per heavy atom. The van der Waals surface area contributed by atoms with Gasteiger partial charge in [0.05, 0.1) is 13.2 Å². The van der Waals surface area contributed by atoms with Gasteiger partial charge in [0.2, 0.25) is 0 Å². The van der Waals surface area contributed by atoms with Crippen LogP contribution < -0.4 is 4.74 Å². The van der Waals surface area contributed by atoms with E-state index >= 15 is 0 Å². The zero-order valence-electron chi connectivity index (χ0n) is 11.9. The third-order valence-corrected chi connectivity index (χ3v) is 3.22. The van der Waals surface area contributed by atoms with Gasteiger partial charge >= 0.3 is 0 Å². The highest BCUT2D eigenvalue weighted by Gasteiger charge is 2.03. The van der Waals surface area contributed by atoms with E-state index in [2.05, 4.69) is 6.92 Å². The number of phenolic OH excluding ortho intramolecular Hbond substituents is 1. The van der Waals surface area contributed by atoms with Crippen LogP contribution in [-0.2, 0) is 6.61 Å². The molecule has 0 saturated carbocycles. The average Bonchev–Trinajstić information content (AvgIpc) is 2.43. The number of benzene rings is 1. The highest BCUT2D eigenvalue weighted by Crippen LogP contribution is 2.23. The molecule has 0 unspecified atom stereocenters. The summed E-state index contributed by atoms with van der Waals surface area (Å²) in [6.45, 7) is 2.79. The van der Waals surface area contributed by atoms with Crippen LogP contribution in [-0.4, -0.2) is 16.8 Å². The Morgan fingerprint density at radius 1 is 1.00 bits per heavy atom. The second kappa shape index (κ2) is 9.68. The van der Waals surface area contributed by atoms with Gasteiger partial charge < -0.3 is 14.9 Å². The lowest BCUT2D eigenvalue weighted by atomic mass is 10.1. The van der Waals surface area contributed by atoms with Crippen LogP contribution in [0.25, 0.3) is 0 Å². The van der Waals surface area contributed by atoms with Crippen molar-refractivity contribution in [2.45, 2.75) is 58.5 Å². The maximum atomic E-state index is 9.31. The van der Waals surface area contributed by atoms with E-state index in [9.17, 15) is 10.2 Å². The van der Waals surface area contributed by atoms with Crippen LogP contribution in [0.5, 0.6) is 11.5 Å². The van der Waals surface area contributed by atoms with Gasteiger partial charge in [0.15, 0.2) is 0 Å². The van der Waals surface area contributed by atoms with E-state index in [4.69, 9.17) is 4.74 Å². The highest BCUT2D eigenvalue weighted by molar-refractivity contribution is 5.39. The maximum absolute atomic E-state index is 9.31. The monoisotopic (exact) mass is 266 g/mol. The molecule has 0 aliphatic carbocycles. The molecule has 1 aromatic rings. The average molecular weight is 266 g/mol. The highest BCUT2D eigenvalue weighted by atomic mass is 16.5. The van der Waals surface area contributed by atoms with Crippen molar-refractivity contribution in [2.75, 3.05) is 6.61 Å². The second-order valence-electron chi connectivity index (χ2n) is 4.92. The zero-order valence-corrected chi connectivity index (χ0v) is 11.9. The van der Waals surface area contributed by atoms with Crippen LogP contribution in [0.2, 0.25) is 0 Å². The second-order valence-corrected chi connectivity index (χ2v) is 4.92. The molecule has 0 bridgehead atoms. The van der Waals surface area contributed by atoms with Gasteiger partial charge in [0.25, 0.3) is 0 Å². The van der Waals surface area contributed by atoms with E-state index < -0.39 is 0 Å². The molecular formula is C16H26O3. The lowest BCUT2D eigenvalue weighted by molar-refractivity contribution is 0.259. The third-order valence-electron chi connectivity index (χ3n) is 3.22. The largest absolute Gasteiger partial charge is 0.508 e. The molecule has 2 N–H and O–H groups in total. The fourth-order valence-corrected chi connectivity index (χ4v) is 2.07. The Hall–Kier alpha value is -1.22. The summed E-state index contributed by atoms with van der Waals surface area (Å²) >= 11 is 0. The van der Waals surface area contributed by atoms with E-state index in [-0.39, 0.29) is 12.4 Å². The first-order chi connectivity index (χ1) is 9.27. The van der Waals surface area contributed by atoms with Gasteiger partial charge in [-0.25, -0.2) is 0 Å². The van der Waals surface area contributed by atoms with Gasteiger partial charge in [-0.1, -0.05) is 45.4 Å². The SMILES string of the molecule is CCCCCCCCCOc1ccc(O)cc1CO. The van der Waals surface area contributed by atoms with Gasteiger partial charge in [-0.05, 0) is 24.6 Å². The number of aromatic hydroxyl groups is 1. The van der Waals surface area contributed by atoms with Crippen molar-refractivity contribution in [3.05, 3.63) is 23.8 Å². The topological polar surface area (TPSA) is 49.7 Å². The summed E-state index contributed by atoms with van der Waals surface area (Å²) in [7, 11) is 0. The molecule has 0 heterocycles. The number of ether oxygens (including phenoxy) is 1. The van der Waals surface area contributed by atoms with Crippen molar-refractivity contribution in [3.63, 3.8) is 0 Å². The predicted molar refractivity (Wildman–Crippen MR) is 77.5 cm³/mol. The molecule has 0 fully saturated rings. The van der Waals surface area contributed by atoms with Crippen molar-refractivity contribution >= 4 is 0 Å². The molecule has 0 saturated heterocycles. The Morgan fingerprint density at radius 3 is 2.37 bits per heavy atom. The molecule has 0 spiro atoms. The van der Waals surface area contributed by atoms with Crippen LogP contribution in [0, 0.1) is 0 Å². The van der Waals surface area contributed by atoms with Crippen molar-refractivity contribution in [1.82, 2.24) is 0 Å². The predicted octanol–water partition coefficient (Wildman–Crippen LogP) is 4.01. The number of rotatable bonds is 10. The Bertz CT molecular complexity index is 350. The molecule has 0 aromatic heterocycles. The van der Waals surface area contributed by atoms with E-state index in [0.717, 1.165) is 6.42 Å². The van der Waals surface area contributed by atoms with Gasteiger partial charge in [-0.2, -0.15) is 0 Å². The molecule has 19 heavy (non-hydrogen) atoms. The van der Waals surface area contributed by atoms with Gasteiger partial charge in [-0.15, -0.1) is 0 Å². The summed E-state index contributed by atoms with van der Waals surface area (Å²) in [5, 5.41) is 18.5. The number of unbranched alkanes of at least 4 members (excludes halogenated alkanes) is 6. The van der Waals surface area contributed by atoms with Crippen molar-refractivity contribution in [1.29, 1.82) is 0 Å². The first-order valence-corrected chi connectivity index (χ1v) is 7.33. The number of phenols is 1. The summed E-state index contributed by atoms with van der Waals surface area (Å²) in [6, 6.07) is 4.83. The van der Waals surface area contributed by atoms with E-state index in [1.165, 1.54) is 38.5 Å². The molecule has 0 radical (unpaired) electrons. The van der Waals surface area contributed by atoms with Crippen LogP contribution in [0.4, 0.5) is 0 Å². The van der Waals surface area contributed by atoms with Crippen LogP contribution in [0.1, 0.15) is 57.4 Å². The molecular weight excluding hydrogens is 240 g/mol. The fraction of sp³-hybridized carbons (Fsp3) is 0.625. The smallest absolute Gasteiger partial charge is 0.125 e. The van der Waals surface area contributed by atoms with E-state index in [1.54, 1.807) is 18.2 Å².